The van der Waals surface area contributed by atoms with Gasteiger partial charge in [-0.25, -0.2) is 5.84 Å². The molecule has 1 aromatic rings. The lowest BCUT2D eigenvalue weighted by molar-refractivity contribution is 0.0613. The van der Waals surface area contributed by atoms with Gasteiger partial charge in [-0.05, 0) is 12.8 Å². The second-order valence-electron chi connectivity index (χ2n) is 5.11. The van der Waals surface area contributed by atoms with Crippen molar-refractivity contribution >= 4 is 17.8 Å². The Morgan fingerprint density at radius 3 is 2.42 bits per heavy atom. The predicted octanol–water partition coefficient (Wildman–Crippen LogP) is -0.0598. The van der Waals surface area contributed by atoms with Gasteiger partial charge in [0, 0.05) is 20.6 Å². The Morgan fingerprint density at radius 1 is 1.21 bits per heavy atom. The van der Waals surface area contributed by atoms with Gasteiger partial charge in [0.1, 0.15) is 0 Å². The number of nitrogen functional groups attached to an aromatic ring is 1. The van der Waals surface area contributed by atoms with E-state index in [4.69, 9.17) is 5.84 Å². The molecular weight excluding hydrogens is 246 g/mol. The van der Waals surface area contributed by atoms with Crippen LogP contribution in [0.5, 0.6) is 0 Å². The number of hydrogen-bond donors (Lipinski definition) is 4. The standard InChI is InChI=1S/C11H21N7O/c1-18(2)10-15-8(14-9(16-10)17-12)13-7-11(19)5-3-4-6-11/h19H,3-7,12H2,1-2H3,(H2,13,14,15,16,17). The van der Waals surface area contributed by atoms with Gasteiger partial charge < -0.3 is 15.3 Å². The minimum atomic E-state index is -0.652. The zero-order valence-electron chi connectivity index (χ0n) is 11.3. The molecule has 5 N–H and O–H groups in total. The van der Waals surface area contributed by atoms with E-state index in [2.05, 4.69) is 25.7 Å². The summed E-state index contributed by atoms with van der Waals surface area (Å²) in [6.07, 6.45) is 3.75. The van der Waals surface area contributed by atoms with E-state index in [-0.39, 0.29) is 0 Å². The van der Waals surface area contributed by atoms with Crippen molar-refractivity contribution in [1.82, 2.24) is 15.0 Å². The first kappa shape index (κ1) is 13.8. The van der Waals surface area contributed by atoms with Crippen molar-refractivity contribution in [2.75, 3.05) is 36.3 Å². The van der Waals surface area contributed by atoms with E-state index in [0.717, 1.165) is 25.7 Å². The third-order valence-electron chi connectivity index (χ3n) is 3.26. The normalized spacial score (nSPS) is 17.3. The lowest BCUT2D eigenvalue weighted by Gasteiger charge is -2.22. The minimum Gasteiger partial charge on any atom is -0.388 e. The van der Waals surface area contributed by atoms with Crippen LogP contribution in [0.3, 0.4) is 0 Å². The van der Waals surface area contributed by atoms with Gasteiger partial charge in [-0.2, -0.15) is 15.0 Å². The number of anilines is 3. The van der Waals surface area contributed by atoms with E-state index in [0.29, 0.717) is 24.4 Å². The fourth-order valence-electron chi connectivity index (χ4n) is 2.16. The first-order valence-corrected chi connectivity index (χ1v) is 6.39. The van der Waals surface area contributed by atoms with Crippen LogP contribution in [-0.4, -0.2) is 46.3 Å². The summed E-state index contributed by atoms with van der Waals surface area (Å²) in [4.78, 5) is 14.3. The average Bonchev–Trinajstić information content (AvgIpc) is 2.83. The van der Waals surface area contributed by atoms with Crippen molar-refractivity contribution in [2.24, 2.45) is 5.84 Å². The second kappa shape index (κ2) is 5.54. The molecule has 1 fully saturated rings. The first-order chi connectivity index (χ1) is 9.02. The van der Waals surface area contributed by atoms with E-state index in [1.165, 1.54) is 0 Å². The Morgan fingerprint density at radius 2 is 1.84 bits per heavy atom. The van der Waals surface area contributed by atoms with Crippen LogP contribution in [0.15, 0.2) is 0 Å². The fraction of sp³-hybridized carbons (Fsp3) is 0.727. The van der Waals surface area contributed by atoms with E-state index in [1.54, 1.807) is 4.90 Å². The SMILES string of the molecule is CN(C)c1nc(NN)nc(NCC2(O)CCCC2)n1. The van der Waals surface area contributed by atoms with Crippen LogP contribution in [0.1, 0.15) is 25.7 Å². The van der Waals surface area contributed by atoms with Crippen molar-refractivity contribution in [1.29, 1.82) is 0 Å². The zero-order chi connectivity index (χ0) is 13.9. The summed E-state index contributed by atoms with van der Waals surface area (Å²) in [5, 5.41) is 13.3. The Bertz CT molecular complexity index is 431. The third-order valence-corrected chi connectivity index (χ3v) is 3.26. The molecule has 0 amide bonds. The fourth-order valence-corrected chi connectivity index (χ4v) is 2.16. The summed E-state index contributed by atoms with van der Waals surface area (Å²) >= 11 is 0. The molecule has 0 aromatic carbocycles. The molecule has 2 rings (SSSR count). The Kier molecular flexibility index (Phi) is 4.01. The van der Waals surface area contributed by atoms with Crippen LogP contribution in [0.4, 0.5) is 17.8 Å². The van der Waals surface area contributed by atoms with E-state index in [1.807, 2.05) is 14.1 Å². The molecule has 106 valence electrons. The summed E-state index contributed by atoms with van der Waals surface area (Å²) in [5.41, 5.74) is 1.76. The highest BCUT2D eigenvalue weighted by Crippen LogP contribution is 2.29. The quantitative estimate of drug-likeness (QED) is 0.433. The molecule has 0 bridgehead atoms. The predicted molar refractivity (Wildman–Crippen MR) is 73.9 cm³/mol. The van der Waals surface area contributed by atoms with E-state index in [9.17, 15) is 5.11 Å². The highest BCUT2D eigenvalue weighted by atomic mass is 16.3. The maximum absolute atomic E-state index is 10.3. The number of nitrogens with one attached hydrogen (secondary N) is 2. The van der Waals surface area contributed by atoms with Gasteiger partial charge in [-0.15, -0.1) is 0 Å². The third kappa shape index (κ3) is 3.42. The molecule has 8 nitrogen and oxygen atoms in total. The van der Waals surface area contributed by atoms with Gasteiger partial charge in [-0.1, -0.05) is 12.8 Å². The number of hydrazine groups is 1. The number of nitrogens with two attached hydrogens (primary N) is 1. The molecule has 1 saturated carbocycles. The van der Waals surface area contributed by atoms with Crippen LogP contribution in [0.25, 0.3) is 0 Å². The van der Waals surface area contributed by atoms with Crippen LogP contribution >= 0.6 is 0 Å². The van der Waals surface area contributed by atoms with Gasteiger partial charge in [0.15, 0.2) is 0 Å². The first-order valence-electron chi connectivity index (χ1n) is 6.39. The minimum absolute atomic E-state index is 0.291. The van der Waals surface area contributed by atoms with Crippen LogP contribution in [0.2, 0.25) is 0 Å². The maximum Gasteiger partial charge on any atom is 0.243 e. The molecule has 0 atom stereocenters. The van der Waals surface area contributed by atoms with Gasteiger partial charge in [0.05, 0.1) is 5.60 Å². The van der Waals surface area contributed by atoms with Gasteiger partial charge in [-0.3, -0.25) is 5.43 Å². The summed E-state index contributed by atoms with van der Waals surface area (Å²) in [7, 11) is 3.67. The topological polar surface area (TPSA) is 112 Å². The number of aliphatic hydroxyl groups is 1. The van der Waals surface area contributed by atoms with Crippen LogP contribution in [0, 0.1) is 0 Å². The monoisotopic (exact) mass is 267 g/mol. The summed E-state index contributed by atoms with van der Waals surface area (Å²) < 4.78 is 0. The lowest BCUT2D eigenvalue weighted by Crippen LogP contribution is -2.34. The molecule has 8 heteroatoms. The van der Waals surface area contributed by atoms with Gasteiger partial charge in [0.2, 0.25) is 17.8 Å². The molecular formula is C11H21N7O. The maximum atomic E-state index is 10.3. The number of rotatable bonds is 5. The van der Waals surface area contributed by atoms with E-state index < -0.39 is 5.60 Å². The van der Waals surface area contributed by atoms with Crippen LogP contribution in [-0.2, 0) is 0 Å². The zero-order valence-corrected chi connectivity index (χ0v) is 11.3. The van der Waals surface area contributed by atoms with Gasteiger partial charge in [0.25, 0.3) is 0 Å². The molecule has 1 aliphatic carbocycles. The Labute approximate surface area is 112 Å². The average molecular weight is 267 g/mol. The van der Waals surface area contributed by atoms with Gasteiger partial charge >= 0.3 is 0 Å². The number of hydrogen-bond acceptors (Lipinski definition) is 8. The molecule has 0 aliphatic heterocycles. The molecule has 1 aromatic heterocycles. The van der Waals surface area contributed by atoms with Crippen molar-refractivity contribution in [3.63, 3.8) is 0 Å². The summed E-state index contributed by atoms with van der Waals surface area (Å²) in [5.74, 6) is 6.54. The molecule has 0 spiro atoms. The molecule has 0 radical (unpaired) electrons. The summed E-state index contributed by atoms with van der Waals surface area (Å²) in [6, 6.07) is 0. The number of aromatic nitrogens is 3. The van der Waals surface area contributed by atoms with Crippen LogP contribution < -0.4 is 21.5 Å². The smallest absolute Gasteiger partial charge is 0.243 e. The Hall–Kier alpha value is -1.67. The van der Waals surface area contributed by atoms with Crippen molar-refractivity contribution in [3.05, 3.63) is 0 Å². The van der Waals surface area contributed by atoms with Crippen molar-refractivity contribution < 1.29 is 5.11 Å². The van der Waals surface area contributed by atoms with Crippen molar-refractivity contribution in [3.8, 4) is 0 Å². The molecule has 0 saturated heterocycles. The molecule has 0 unspecified atom stereocenters. The highest BCUT2D eigenvalue weighted by Gasteiger charge is 2.31. The second-order valence-corrected chi connectivity index (χ2v) is 5.11. The lowest BCUT2D eigenvalue weighted by atomic mass is 10.0. The van der Waals surface area contributed by atoms with E-state index >= 15 is 0 Å². The largest absolute Gasteiger partial charge is 0.388 e. The number of nitrogens with zero attached hydrogens (tertiary/aromatic N) is 4. The molecule has 1 aliphatic rings. The van der Waals surface area contributed by atoms with Crippen molar-refractivity contribution in [2.45, 2.75) is 31.3 Å². The molecule has 1 heterocycles. The Balaban J connectivity index is 2.08. The molecule has 19 heavy (non-hydrogen) atoms. The summed E-state index contributed by atoms with van der Waals surface area (Å²) in [6.45, 7) is 0.438. The highest BCUT2D eigenvalue weighted by molar-refractivity contribution is 5.42.